The Kier molecular flexibility index (Phi) is 2.88. The molecule has 0 aromatic rings. The predicted molar refractivity (Wildman–Crippen MR) is 25.8 cm³/mol. The maximum absolute atomic E-state index is 9.68. The first-order chi connectivity index (χ1) is 3.68. The number of hydrogen-bond donors (Lipinski definition) is 1. The summed E-state index contributed by atoms with van der Waals surface area (Å²) in [5, 5.41) is 18.1. The van der Waals surface area contributed by atoms with Crippen LogP contribution in [0, 0.1) is 0 Å². The Balaban J connectivity index is 3.46. The summed E-state index contributed by atoms with van der Waals surface area (Å²) in [6.07, 6.45) is -0.0319. The number of hydrogen-bond acceptors (Lipinski definition) is 3. The SMILES string of the molecule is C=CCC(O)C(=O)[O-]. The van der Waals surface area contributed by atoms with Crippen LogP contribution >= 0.6 is 0 Å². The van der Waals surface area contributed by atoms with Gasteiger partial charge in [-0.25, -0.2) is 0 Å². The van der Waals surface area contributed by atoms with Gasteiger partial charge in [0.15, 0.2) is 0 Å². The predicted octanol–water partition coefficient (Wildman–Crippen LogP) is -1.33. The third-order valence-corrected chi connectivity index (χ3v) is 0.662. The Hall–Kier alpha value is -0.830. The molecule has 0 bridgehead atoms. The highest BCUT2D eigenvalue weighted by atomic mass is 16.4. The zero-order chi connectivity index (χ0) is 6.57. The van der Waals surface area contributed by atoms with Crippen molar-refractivity contribution in [3.63, 3.8) is 0 Å². The molecule has 0 saturated heterocycles. The first-order valence-corrected chi connectivity index (χ1v) is 2.18. The summed E-state index contributed by atoms with van der Waals surface area (Å²) >= 11 is 0. The van der Waals surface area contributed by atoms with Gasteiger partial charge in [0.1, 0.15) is 0 Å². The van der Waals surface area contributed by atoms with Gasteiger partial charge in [-0.05, 0) is 6.42 Å². The lowest BCUT2D eigenvalue weighted by molar-refractivity contribution is -0.314. The molecule has 0 radical (unpaired) electrons. The van der Waals surface area contributed by atoms with Gasteiger partial charge in [-0.15, -0.1) is 6.58 Å². The lowest BCUT2D eigenvalue weighted by atomic mass is 10.3. The normalized spacial score (nSPS) is 12.6. The number of carboxylic acids is 1. The molecule has 8 heavy (non-hydrogen) atoms. The summed E-state index contributed by atoms with van der Waals surface area (Å²) in [6, 6.07) is 0. The van der Waals surface area contributed by atoms with E-state index in [1.54, 1.807) is 0 Å². The summed E-state index contributed by atoms with van der Waals surface area (Å²) in [5.74, 6) is -1.45. The van der Waals surface area contributed by atoms with Crippen LogP contribution < -0.4 is 5.11 Å². The molecular formula is C5H7O3-. The lowest BCUT2D eigenvalue weighted by Gasteiger charge is -2.06. The Morgan fingerprint density at radius 3 is 2.62 bits per heavy atom. The van der Waals surface area contributed by atoms with Crippen molar-refractivity contribution in [1.29, 1.82) is 0 Å². The zero-order valence-electron chi connectivity index (χ0n) is 4.33. The minimum atomic E-state index is -1.45. The van der Waals surface area contributed by atoms with E-state index in [4.69, 9.17) is 5.11 Å². The Bertz CT molecular complexity index is 97.8. The van der Waals surface area contributed by atoms with Crippen molar-refractivity contribution in [1.82, 2.24) is 0 Å². The van der Waals surface area contributed by atoms with Crippen molar-refractivity contribution in [3.8, 4) is 0 Å². The van der Waals surface area contributed by atoms with Gasteiger partial charge in [0.05, 0.1) is 12.1 Å². The number of aliphatic carboxylic acids is 1. The molecule has 0 heterocycles. The van der Waals surface area contributed by atoms with Crippen LogP contribution in [-0.4, -0.2) is 17.2 Å². The van der Waals surface area contributed by atoms with Gasteiger partial charge in [0, 0.05) is 0 Å². The van der Waals surface area contributed by atoms with Crippen molar-refractivity contribution >= 4 is 5.97 Å². The second-order valence-corrected chi connectivity index (χ2v) is 1.36. The fourth-order valence-corrected chi connectivity index (χ4v) is 0.254. The fraction of sp³-hybridized carbons (Fsp3) is 0.400. The van der Waals surface area contributed by atoms with E-state index in [9.17, 15) is 9.90 Å². The number of aliphatic hydroxyl groups excluding tert-OH is 1. The summed E-state index contributed by atoms with van der Waals surface area (Å²) in [6.45, 7) is 3.23. The molecular weight excluding hydrogens is 108 g/mol. The third kappa shape index (κ3) is 2.36. The number of rotatable bonds is 3. The van der Waals surface area contributed by atoms with Crippen LogP contribution in [0.1, 0.15) is 6.42 Å². The van der Waals surface area contributed by atoms with E-state index in [1.807, 2.05) is 0 Å². The van der Waals surface area contributed by atoms with Crippen LogP contribution in [0.25, 0.3) is 0 Å². The fourth-order valence-electron chi connectivity index (χ4n) is 0.254. The summed E-state index contributed by atoms with van der Waals surface area (Å²) in [4.78, 5) is 9.68. The topological polar surface area (TPSA) is 60.4 Å². The highest BCUT2D eigenvalue weighted by Gasteiger charge is 1.98. The van der Waals surface area contributed by atoms with Gasteiger partial charge >= 0.3 is 0 Å². The molecule has 3 heteroatoms. The van der Waals surface area contributed by atoms with E-state index < -0.39 is 12.1 Å². The molecule has 1 unspecified atom stereocenters. The van der Waals surface area contributed by atoms with Gasteiger partial charge < -0.3 is 15.0 Å². The largest absolute Gasteiger partial charge is 0.547 e. The van der Waals surface area contributed by atoms with Crippen molar-refractivity contribution in [2.45, 2.75) is 12.5 Å². The first-order valence-electron chi connectivity index (χ1n) is 2.18. The number of aliphatic hydroxyl groups is 1. The molecule has 46 valence electrons. The summed E-state index contributed by atoms with van der Waals surface area (Å²) in [5.41, 5.74) is 0. The van der Waals surface area contributed by atoms with Gasteiger partial charge in [0.2, 0.25) is 0 Å². The Morgan fingerprint density at radius 1 is 2.00 bits per heavy atom. The molecule has 0 aromatic carbocycles. The van der Waals surface area contributed by atoms with Gasteiger partial charge in [-0.1, -0.05) is 6.08 Å². The third-order valence-electron chi connectivity index (χ3n) is 0.662. The molecule has 1 N–H and O–H groups in total. The first kappa shape index (κ1) is 7.17. The number of carbonyl (C=O) groups excluding carboxylic acids is 1. The monoisotopic (exact) mass is 115 g/mol. The number of carbonyl (C=O) groups is 1. The van der Waals surface area contributed by atoms with Crippen LogP contribution in [0.5, 0.6) is 0 Å². The minimum absolute atomic E-state index is 0.0440. The molecule has 0 spiro atoms. The highest BCUT2D eigenvalue weighted by molar-refractivity contribution is 5.69. The Labute approximate surface area is 47.3 Å². The summed E-state index contributed by atoms with van der Waals surface area (Å²) in [7, 11) is 0. The average molecular weight is 115 g/mol. The van der Waals surface area contributed by atoms with Crippen molar-refractivity contribution in [3.05, 3.63) is 12.7 Å². The van der Waals surface area contributed by atoms with Crippen LogP contribution in [0.15, 0.2) is 12.7 Å². The average Bonchev–Trinajstić information content (AvgIpc) is 1.67. The molecule has 3 nitrogen and oxygen atoms in total. The molecule has 0 rings (SSSR count). The van der Waals surface area contributed by atoms with E-state index >= 15 is 0 Å². The van der Waals surface area contributed by atoms with Crippen LogP contribution in [-0.2, 0) is 4.79 Å². The minimum Gasteiger partial charge on any atom is -0.547 e. The highest BCUT2D eigenvalue weighted by Crippen LogP contribution is 1.87. The van der Waals surface area contributed by atoms with Gasteiger partial charge in [-0.2, -0.15) is 0 Å². The second kappa shape index (κ2) is 3.21. The standard InChI is InChI=1S/C5H8O3/c1-2-3-4(6)5(7)8/h2,4,6H,1,3H2,(H,7,8)/p-1. The maximum Gasteiger partial charge on any atom is 0.0967 e. The summed E-state index contributed by atoms with van der Waals surface area (Å²) < 4.78 is 0. The van der Waals surface area contributed by atoms with E-state index in [-0.39, 0.29) is 6.42 Å². The molecule has 0 aromatic heterocycles. The molecule has 0 aliphatic heterocycles. The number of carboxylic acid groups (broad SMARTS) is 1. The molecule has 0 saturated carbocycles. The molecule has 0 amide bonds. The molecule has 0 aliphatic carbocycles. The van der Waals surface area contributed by atoms with Gasteiger partial charge in [0.25, 0.3) is 0 Å². The molecule has 0 fully saturated rings. The smallest absolute Gasteiger partial charge is 0.0967 e. The van der Waals surface area contributed by atoms with Crippen molar-refractivity contribution in [2.75, 3.05) is 0 Å². The van der Waals surface area contributed by atoms with Crippen LogP contribution in [0.2, 0.25) is 0 Å². The van der Waals surface area contributed by atoms with Crippen LogP contribution in [0.4, 0.5) is 0 Å². The zero-order valence-corrected chi connectivity index (χ0v) is 4.33. The van der Waals surface area contributed by atoms with Crippen LogP contribution in [0.3, 0.4) is 0 Å². The van der Waals surface area contributed by atoms with E-state index in [0.717, 1.165) is 0 Å². The van der Waals surface area contributed by atoms with E-state index in [2.05, 4.69) is 6.58 Å². The molecule has 0 aliphatic rings. The van der Waals surface area contributed by atoms with E-state index in [0.29, 0.717) is 0 Å². The quantitative estimate of drug-likeness (QED) is 0.464. The lowest BCUT2D eigenvalue weighted by Crippen LogP contribution is -2.34. The van der Waals surface area contributed by atoms with E-state index in [1.165, 1.54) is 6.08 Å². The maximum atomic E-state index is 9.68. The van der Waals surface area contributed by atoms with Crippen molar-refractivity contribution in [2.24, 2.45) is 0 Å². The second-order valence-electron chi connectivity index (χ2n) is 1.36. The molecule has 1 atom stereocenters. The van der Waals surface area contributed by atoms with Crippen molar-refractivity contribution < 1.29 is 15.0 Å². The van der Waals surface area contributed by atoms with Gasteiger partial charge in [-0.3, -0.25) is 0 Å². The Morgan fingerprint density at radius 2 is 2.50 bits per heavy atom.